The quantitative estimate of drug-likeness (QED) is 0.406. The molecule has 108 valence electrons. The number of hydrogen-bond donors (Lipinski definition) is 0. The molecule has 0 aliphatic carbocycles. The van der Waals surface area contributed by atoms with E-state index in [4.69, 9.17) is 4.43 Å². The van der Waals surface area contributed by atoms with Crippen LogP contribution < -0.4 is 0 Å². The Labute approximate surface area is 125 Å². The summed E-state index contributed by atoms with van der Waals surface area (Å²) in [7, 11) is -1.81. The molecule has 0 saturated heterocycles. The molecule has 0 spiro atoms. The van der Waals surface area contributed by atoms with Crippen LogP contribution in [0.25, 0.3) is 0 Å². The highest BCUT2D eigenvalue weighted by Crippen LogP contribution is 2.36. The summed E-state index contributed by atoms with van der Waals surface area (Å²) >= 11 is 0. The van der Waals surface area contributed by atoms with E-state index in [1.165, 1.54) is 0 Å². The van der Waals surface area contributed by atoms with Crippen molar-refractivity contribution in [2.75, 3.05) is 6.61 Å². The average Bonchev–Trinajstić information content (AvgIpc) is 2.42. The normalized spacial score (nSPS) is 11.3. The summed E-state index contributed by atoms with van der Waals surface area (Å²) in [5, 5.41) is 0. The van der Waals surface area contributed by atoms with E-state index >= 15 is 0 Å². The lowest BCUT2D eigenvalue weighted by Gasteiger charge is -2.37. The topological polar surface area (TPSA) is 9.23 Å². The van der Waals surface area contributed by atoms with Crippen molar-refractivity contribution < 1.29 is 4.43 Å². The van der Waals surface area contributed by atoms with Crippen LogP contribution in [0, 0.1) is 11.8 Å². The van der Waals surface area contributed by atoms with Gasteiger partial charge in [-0.25, -0.2) is 0 Å². The molecule has 1 aromatic rings. The Morgan fingerprint density at radius 3 is 2.25 bits per heavy atom. The molecule has 0 bridgehead atoms. The molecule has 0 amide bonds. The minimum absolute atomic E-state index is 0.519. The maximum Gasteiger partial charge on any atom is 0.202 e. The van der Waals surface area contributed by atoms with E-state index in [-0.39, 0.29) is 0 Å². The van der Waals surface area contributed by atoms with Gasteiger partial charge >= 0.3 is 0 Å². The van der Waals surface area contributed by atoms with Crippen molar-refractivity contribution in [1.82, 2.24) is 0 Å². The molecule has 1 nitrogen and oxygen atoms in total. The monoisotopic (exact) mass is 286 g/mol. The first-order chi connectivity index (χ1) is 9.53. The minimum Gasteiger partial charge on any atom is -0.405 e. The largest absolute Gasteiger partial charge is 0.405 e. The smallest absolute Gasteiger partial charge is 0.202 e. The molecule has 0 aliphatic heterocycles. The first-order valence-electron chi connectivity index (χ1n) is 7.31. The SMILES string of the molecule is C=CC[Si](OCC#Cc1ccccc1)(C(C)C)C(C)C. The molecule has 0 atom stereocenters. The number of allylic oxidation sites excluding steroid dienone is 1. The van der Waals surface area contributed by atoms with E-state index in [1.807, 2.05) is 36.4 Å². The van der Waals surface area contributed by atoms with Crippen LogP contribution in [0.3, 0.4) is 0 Å². The van der Waals surface area contributed by atoms with Crippen LogP contribution in [0.1, 0.15) is 33.3 Å². The van der Waals surface area contributed by atoms with Gasteiger partial charge in [-0.3, -0.25) is 0 Å². The summed E-state index contributed by atoms with van der Waals surface area (Å²) in [5.41, 5.74) is 2.18. The van der Waals surface area contributed by atoms with Crippen molar-refractivity contribution in [2.45, 2.75) is 44.8 Å². The summed E-state index contributed by atoms with van der Waals surface area (Å²) in [6.07, 6.45) is 2.01. The van der Waals surface area contributed by atoms with E-state index in [1.54, 1.807) is 0 Å². The third-order valence-electron chi connectivity index (χ3n) is 3.84. The number of benzene rings is 1. The first kappa shape index (κ1) is 16.8. The molecule has 0 aliphatic rings. The summed E-state index contributed by atoms with van der Waals surface area (Å²) in [6, 6.07) is 11.0. The van der Waals surface area contributed by atoms with Gasteiger partial charge < -0.3 is 4.43 Å². The summed E-state index contributed by atoms with van der Waals surface area (Å²) in [5.74, 6) is 6.31. The van der Waals surface area contributed by atoms with Gasteiger partial charge in [0, 0.05) is 5.56 Å². The predicted molar refractivity (Wildman–Crippen MR) is 90.2 cm³/mol. The van der Waals surface area contributed by atoms with E-state index in [2.05, 4.69) is 46.1 Å². The number of rotatable bonds is 6. The second-order valence-corrected chi connectivity index (χ2v) is 10.6. The Hall–Kier alpha value is -1.30. The molecule has 1 rings (SSSR count). The lowest BCUT2D eigenvalue weighted by Crippen LogP contribution is -2.44. The third-order valence-corrected chi connectivity index (χ3v) is 9.36. The van der Waals surface area contributed by atoms with Crippen LogP contribution in [0.15, 0.2) is 43.0 Å². The standard InChI is InChI=1S/C18H26OSi/c1-6-15-20(16(2)3,17(4)5)19-14-10-13-18-11-8-7-9-12-18/h6-9,11-12,16-17H,1,14-15H2,2-5H3. The molecule has 2 heteroatoms. The van der Waals surface area contributed by atoms with Gasteiger partial charge in [0.1, 0.15) is 0 Å². The Kier molecular flexibility index (Phi) is 6.77. The van der Waals surface area contributed by atoms with Crippen molar-refractivity contribution in [2.24, 2.45) is 0 Å². The first-order valence-corrected chi connectivity index (χ1v) is 9.58. The second kappa shape index (κ2) is 8.09. The Morgan fingerprint density at radius 1 is 1.15 bits per heavy atom. The summed E-state index contributed by atoms with van der Waals surface area (Å²) in [6.45, 7) is 13.5. The van der Waals surface area contributed by atoms with Crippen LogP contribution in [0.4, 0.5) is 0 Å². The van der Waals surface area contributed by atoms with Gasteiger partial charge in [0.15, 0.2) is 0 Å². The zero-order valence-corrected chi connectivity index (χ0v) is 14.1. The fourth-order valence-electron chi connectivity index (χ4n) is 2.59. The van der Waals surface area contributed by atoms with Crippen LogP contribution in [0.5, 0.6) is 0 Å². The molecule has 0 N–H and O–H groups in total. The molecule has 0 aromatic heterocycles. The van der Waals surface area contributed by atoms with Gasteiger partial charge in [-0.2, -0.15) is 0 Å². The minimum atomic E-state index is -1.81. The van der Waals surface area contributed by atoms with E-state index in [0.717, 1.165) is 11.6 Å². The molecule has 0 saturated carbocycles. The van der Waals surface area contributed by atoms with E-state index in [0.29, 0.717) is 17.7 Å². The van der Waals surface area contributed by atoms with Gasteiger partial charge in [-0.1, -0.05) is 63.8 Å². The van der Waals surface area contributed by atoms with Crippen molar-refractivity contribution >= 4 is 8.32 Å². The average molecular weight is 286 g/mol. The predicted octanol–water partition coefficient (Wildman–Crippen LogP) is 5.01. The lowest BCUT2D eigenvalue weighted by molar-refractivity contribution is 0.334. The summed E-state index contributed by atoms with van der Waals surface area (Å²) in [4.78, 5) is 0. The Morgan fingerprint density at radius 2 is 1.75 bits per heavy atom. The van der Waals surface area contributed by atoms with Gasteiger partial charge in [-0.05, 0) is 29.3 Å². The van der Waals surface area contributed by atoms with Crippen LogP contribution in [0.2, 0.25) is 17.1 Å². The molecule has 20 heavy (non-hydrogen) atoms. The zero-order valence-electron chi connectivity index (χ0n) is 13.1. The van der Waals surface area contributed by atoms with Crippen molar-refractivity contribution in [3.8, 4) is 11.8 Å². The maximum atomic E-state index is 6.31. The van der Waals surface area contributed by atoms with E-state index < -0.39 is 8.32 Å². The number of hydrogen-bond acceptors (Lipinski definition) is 1. The highest BCUT2D eigenvalue weighted by molar-refractivity contribution is 6.76. The van der Waals surface area contributed by atoms with Gasteiger partial charge in [0.05, 0.1) is 6.61 Å². The van der Waals surface area contributed by atoms with E-state index in [9.17, 15) is 0 Å². The van der Waals surface area contributed by atoms with Gasteiger partial charge in [-0.15, -0.1) is 6.58 Å². The van der Waals surface area contributed by atoms with Crippen molar-refractivity contribution in [3.05, 3.63) is 48.6 Å². The van der Waals surface area contributed by atoms with Crippen molar-refractivity contribution in [3.63, 3.8) is 0 Å². The molecule has 0 unspecified atom stereocenters. The van der Waals surface area contributed by atoms with Crippen LogP contribution in [-0.4, -0.2) is 14.9 Å². The molecule has 0 heterocycles. The highest BCUT2D eigenvalue weighted by atomic mass is 28.4. The molecular formula is C18H26OSi. The Balaban J connectivity index is 2.73. The lowest BCUT2D eigenvalue weighted by atomic mass is 10.2. The van der Waals surface area contributed by atoms with Gasteiger partial charge in [0.2, 0.25) is 8.32 Å². The second-order valence-electron chi connectivity index (χ2n) is 5.71. The molecule has 0 fully saturated rings. The maximum absolute atomic E-state index is 6.31. The van der Waals surface area contributed by atoms with Crippen molar-refractivity contribution in [1.29, 1.82) is 0 Å². The molecular weight excluding hydrogens is 260 g/mol. The highest BCUT2D eigenvalue weighted by Gasteiger charge is 2.40. The van der Waals surface area contributed by atoms with Gasteiger partial charge in [0.25, 0.3) is 0 Å². The molecule has 1 aromatic carbocycles. The Bertz CT molecular complexity index is 457. The van der Waals surface area contributed by atoms with Crippen LogP contribution in [-0.2, 0) is 4.43 Å². The molecule has 0 radical (unpaired) electrons. The zero-order chi connectivity index (χ0) is 15.0. The fourth-order valence-corrected chi connectivity index (χ4v) is 6.44. The third kappa shape index (κ3) is 4.37. The summed E-state index contributed by atoms with van der Waals surface area (Å²) < 4.78 is 6.31. The van der Waals surface area contributed by atoms with Crippen LogP contribution >= 0.6 is 0 Å². The fraction of sp³-hybridized carbons (Fsp3) is 0.444.